The third-order valence-corrected chi connectivity index (χ3v) is 5.69. The number of hydrogen-bond acceptors (Lipinski definition) is 3. The van der Waals surface area contributed by atoms with E-state index in [4.69, 9.17) is 4.74 Å². The molecule has 0 amide bonds. The number of piperidine rings is 1. The second-order valence-corrected chi connectivity index (χ2v) is 6.97. The molecule has 0 aromatic heterocycles. The number of likely N-dealkylation sites (tertiary alicyclic amines) is 1. The first kappa shape index (κ1) is 16.3. The van der Waals surface area contributed by atoms with Gasteiger partial charge in [0, 0.05) is 25.7 Å². The molecule has 0 spiro atoms. The van der Waals surface area contributed by atoms with E-state index in [9.17, 15) is 0 Å². The van der Waals surface area contributed by atoms with E-state index in [1.165, 1.54) is 45.1 Å². The van der Waals surface area contributed by atoms with Crippen molar-refractivity contribution < 1.29 is 4.74 Å². The van der Waals surface area contributed by atoms with Crippen LogP contribution in [0.15, 0.2) is 0 Å². The first-order valence-electron chi connectivity index (χ1n) is 8.63. The largest absolute Gasteiger partial charge is 0.380 e. The number of ether oxygens (including phenoxy) is 1. The van der Waals surface area contributed by atoms with Gasteiger partial charge >= 0.3 is 0 Å². The number of likely N-dealkylation sites (N-methyl/N-ethyl adjacent to an activating group) is 1. The number of nitrogens with one attached hydrogen (secondary N) is 1. The minimum Gasteiger partial charge on any atom is -0.380 e. The summed E-state index contributed by atoms with van der Waals surface area (Å²) in [4.78, 5) is 2.72. The molecular formula is C17H34N2O. The van der Waals surface area contributed by atoms with Gasteiger partial charge in [-0.1, -0.05) is 26.7 Å². The minimum absolute atomic E-state index is 0.424. The van der Waals surface area contributed by atoms with Crippen molar-refractivity contribution in [3.63, 3.8) is 0 Å². The molecule has 2 rings (SSSR count). The van der Waals surface area contributed by atoms with Crippen LogP contribution in [0.3, 0.4) is 0 Å². The van der Waals surface area contributed by atoms with Crippen molar-refractivity contribution in [3.8, 4) is 0 Å². The molecule has 1 saturated heterocycles. The number of hydrogen-bond donors (Lipinski definition) is 1. The Morgan fingerprint density at radius 3 is 2.70 bits per heavy atom. The molecule has 1 aliphatic carbocycles. The third-order valence-electron chi connectivity index (χ3n) is 5.69. The van der Waals surface area contributed by atoms with E-state index in [0.717, 1.165) is 18.5 Å². The first-order valence-corrected chi connectivity index (χ1v) is 8.63. The van der Waals surface area contributed by atoms with E-state index < -0.39 is 0 Å². The van der Waals surface area contributed by atoms with Gasteiger partial charge in [0.15, 0.2) is 0 Å². The molecule has 0 radical (unpaired) electrons. The Labute approximate surface area is 125 Å². The summed E-state index contributed by atoms with van der Waals surface area (Å²) in [6.07, 6.45) is 8.58. The Morgan fingerprint density at radius 1 is 1.25 bits per heavy atom. The molecule has 0 bridgehead atoms. The molecule has 1 aliphatic heterocycles. The van der Waals surface area contributed by atoms with Gasteiger partial charge < -0.3 is 10.1 Å². The van der Waals surface area contributed by atoms with Crippen molar-refractivity contribution in [2.45, 2.75) is 70.6 Å². The average molecular weight is 282 g/mol. The molecule has 2 fully saturated rings. The van der Waals surface area contributed by atoms with Crippen LogP contribution in [0.2, 0.25) is 0 Å². The lowest BCUT2D eigenvalue weighted by Crippen LogP contribution is -2.57. The van der Waals surface area contributed by atoms with Crippen LogP contribution < -0.4 is 5.32 Å². The number of rotatable bonds is 5. The molecule has 3 nitrogen and oxygen atoms in total. The molecule has 5 atom stereocenters. The third kappa shape index (κ3) is 3.75. The lowest BCUT2D eigenvalue weighted by atomic mass is 9.78. The van der Waals surface area contributed by atoms with Crippen molar-refractivity contribution >= 4 is 0 Å². The Morgan fingerprint density at radius 2 is 2.05 bits per heavy atom. The van der Waals surface area contributed by atoms with Crippen LogP contribution in [0.5, 0.6) is 0 Å². The maximum Gasteiger partial charge on any atom is 0.0724 e. The van der Waals surface area contributed by atoms with Crippen LogP contribution in [0.1, 0.15) is 52.4 Å². The zero-order valence-electron chi connectivity index (χ0n) is 13.9. The van der Waals surface area contributed by atoms with Gasteiger partial charge in [-0.3, -0.25) is 4.90 Å². The van der Waals surface area contributed by atoms with Crippen molar-refractivity contribution in [3.05, 3.63) is 0 Å². The van der Waals surface area contributed by atoms with Gasteiger partial charge in [0.25, 0.3) is 0 Å². The predicted molar refractivity (Wildman–Crippen MR) is 85.0 cm³/mol. The normalized spacial score (nSPS) is 39.9. The fourth-order valence-corrected chi connectivity index (χ4v) is 4.31. The summed E-state index contributed by atoms with van der Waals surface area (Å²) in [6.45, 7) is 7.03. The highest BCUT2D eigenvalue weighted by atomic mass is 16.5. The molecule has 1 saturated carbocycles. The van der Waals surface area contributed by atoms with E-state index in [1.807, 2.05) is 7.11 Å². The Bertz CT molecular complexity index is 284. The fraction of sp³-hybridized carbons (Fsp3) is 1.00. The summed E-state index contributed by atoms with van der Waals surface area (Å²) in [7, 11) is 4.01. The molecule has 0 aromatic carbocycles. The van der Waals surface area contributed by atoms with Gasteiger partial charge in [-0.15, -0.1) is 0 Å². The van der Waals surface area contributed by atoms with E-state index in [-0.39, 0.29) is 0 Å². The molecule has 0 aromatic rings. The topological polar surface area (TPSA) is 24.5 Å². The van der Waals surface area contributed by atoms with Gasteiger partial charge in [-0.25, -0.2) is 0 Å². The predicted octanol–water partition coefficient (Wildman–Crippen LogP) is 2.90. The van der Waals surface area contributed by atoms with E-state index in [2.05, 4.69) is 31.1 Å². The van der Waals surface area contributed by atoms with Crippen LogP contribution in [-0.2, 0) is 4.74 Å². The van der Waals surface area contributed by atoms with Crippen molar-refractivity contribution in [2.75, 3.05) is 27.2 Å². The molecule has 118 valence electrons. The Kier molecular flexibility index (Phi) is 6.31. The number of methoxy groups -OCH3 is 1. The van der Waals surface area contributed by atoms with Crippen molar-refractivity contribution in [1.29, 1.82) is 0 Å². The molecule has 3 heteroatoms. The summed E-state index contributed by atoms with van der Waals surface area (Å²) in [5.74, 6) is 1.65. The van der Waals surface area contributed by atoms with Crippen LogP contribution >= 0.6 is 0 Å². The molecule has 2 aliphatic rings. The summed E-state index contributed by atoms with van der Waals surface area (Å²) in [5, 5.41) is 3.58. The number of nitrogens with zero attached hydrogens (tertiary/aromatic N) is 1. The average Bonchev–Trinajstić information content (AvgIpc) is 2.48. The quantitative estimate of drug-likeness (QED) is 0.839. The van der Waals surface area contributed by atoms with Crippen LogP contribution in [0, 0.1) is 11.8 Å². The molecule has 5 unspecified atom stereocenters. The molecule has 1 N–H and O–H groups in total. The first-order chi connectivity index (χ1) is 9.69. The van der Waals surface area contributed by atoms with Gasteiger partial charge in [-0.2, -0.15) is 0 Å². The maximum atomic E-state index is 5.71. The zero-order chi connectivity index (χ0) is 14.5. The minimum atomic E-state index is 0.424. The Balaban J connectivity index is 1.99. The summed E-state index contributed by atoms with van der Waals surface area (Å²) in [6, 6.07) is 1.39. The Hall–Kier alpha value is -0.120. The van der Waals surface area contributed by atoms with Gasteiger partial charge in [0.2, 0.25) is 0 Å². The van der Waals surface area contributed by atoms with Crippen molar-refractivity contribution in [1.82, 2.24) is 10.2 Å². The van der Waals surface area contributed by atoms with Crippen molar-refractivity contribution in [2.24, 2.45) is 11.8 Å². The molecule has 1 heterocycles. The maximum absolute atomic E-state index is 5.71. The second-order valence-electron chi connectivity index (χ2n) is 6.97. The lowest BCUT2D eigenvalue weighted by Gasteiger charge is -2.47. The molecule has 20 heavy (non-hydrogen) atoms. The van der Waals surface area contributed by atoms with Crippen LogP contribution in [-0.4, -0.2) is 50.3 Å². The lowest BCUT2D eigenvalue weighted by molar-refractivity contribution is -0.0338. The zero-order valence-corrected chi connectivity index (χ0v) is 13.9. The highest BCUT2D eigenvalue weighted by Gasteiger charge is 2.37. The van der Waals surface area contributed by atoms with Crippen LogP contribution in [0.25, 0.3) is 0 Å². The van der Waals surface area contributed by atoms with Gasteiger partial charge in [0.05, 0.1) is 6.10 Å². The fourth-order valence-electron chi connectivity index (χ4n) is 4.31. The summed E-state index contributed by atoms with van der Waals surface area (Å²) < 4.78 is 5.71. The van der Waals surface area contributed by atoms with E-state index in [0.29, 0.717) is 18.1 Å². The van der Waals surface area contributed by atoms with Crippen LogP contribution in [0.4, 0.5) is 0 Å². The van der Waals surface area contributed by atoms with E-state index >= 15 is 0 Å². The highest BCUT2D eigenvalue weighted by Crippen LogP contribution is 2.33. The molecular weight excluding hydrogens is 248 g/mol. The smallest absolute Gasteiger partial charge is 0.0724 e. The SMILES string of the molecule is CCCC1CCC(NC)C(N2CCC(C)C(OC)C2)C1. The monoisotopic (exact) mass is 282 g/mol. The second kappa shape index (κ2) is 7.77. The summed E-state index contributed by atoms with van der Waals surface area (Å²) in [5.41, 5.74) is 0. The van der Waals surface area contributed by atoms with Gasteiger partial charge in [-0.05, 0) is 51.1 Å². The summed E-state index contributed by atoms with van der Waals surface area (Å²) >= 11 is 0. The standard InChI is InChI=1S/C17H34N2O/c1-5-6-14-7-8-15(18-3)16(11-14)19-10-9-13(2)17(12-19)20-4/h13-18H,5-12H2,1-4H3. The van der Waals surface area contributed by atoms with E-state index in [1.54, 1.807) is 0 Å². The highest BCUT2D eigenvalue weighted by molar-refractivity contribution is 4.93. The van der Waals surface area contributed by atoms with Gasteiger partial charge in [0.1, 0.15) is 0 Å².